The molecule has 4 rings (SSSR count). The van der Waals surface area contributed by atoms with Crippen LogP contribution in [0.4, 0.5) is 23.7 Å². The van der Waals surface area contributed by atoms with Crippen molar-refractivity contribution in [2.75, 3.05) is 11.9 Å². The molecule has 0 aliphatic heterocycles. The molecule has 0 unspecified atom stereocenters. The minimum absolute atomic E-state index is 0.250. The van der Waals surface area contributed by atoms with Gasteiger partial charge in [-0.25, -0.2) is 9.78 Å². The number of pyridine rings is 1. The van der Waals surface area contributed by atoms with E-state index < -0.39 is 18.8 Å². The molecule has 1 aromatic carbocycles. The summed E-state index contributed by atoms with van der Waals surface area (Å²) in [4.78, 5) is 24.4. The third-order valence-corrected chi connectivity index (χ3v) is 4.45. The highest BCUT2D eigenvalue weighted by Gasteiger charge is 2.27. The second-order valence-corrected chi connectivity index (χ2v) is 6.72. The second kappa shape index (κ2) is 8.85. The number of anilines is 1. The highest BCUT2D eigenvalue weighted by molar-refractivity contribution is 5.90. The predicted molar refractivity (Wildman–Crippen MR) is 104 cm³/mol. The first-order valence-electron chi connectivity index (χ1n) is 9.07. The summed E-state index contributed by atoms with van der Waals surface area (Å²) in [5.41, 5.74) is 4.17. The van der Waals surface area contributed by atoms with Gasteiger partial charge in [0.2, 0.25) is 0 Å². The number of amides is 2. The maximum Gasteiger partial charge on any atom is 0.405 e. The summed E-state index contributed by atoms with van der Waals surface area (Å²) in [5.74, 6) is 0.637. The van der Waals surface area contributed by atoms with E-state index in [1.165, 1.54) is 18.4 Å². The van der Waals surface area contributed by atoms with Crippen molar-refractivity contribution < 1.29 is 27.9 Å². The molecule has 3 N–H and O–H groups in total. The van der Waals surface area contributed by atoms with Crippen LogP contribution in [0.5, 0.6) is 0 Å². The second-order valence-electron chi connectivity index (χ2n) is 6.72. The predicted octanol–water partition coefficient (Wildman–Crippen LogP) is 4.26. The number of hydrogen-bond acceptors (Lipinski definition) is 3. The molecule has 2 heterocycles. The molecule has 1 fully saturated rings. The van der Waals surface area contributed by atoms with Crippen LogP contribution in [0.15, 0.2) is 48.8 Å². The number of imidazole rings is 1. The van der Waals surface area contributed by atoms with Crippen LogP contribution in [0.25, 0.3) is 16.9 Å². The van der Waals surface area contributed by atoms with Gasteiger partial charge in [-0.15, -0.1) is 0 Å². The van der Waals surface area contributed by atoms with E-state index in [-0.39, 0.29) is 6.47 Å². The molecule has 0 radical (unpaired) electrons. The standard InChI is InChI=1S/C19H17F3N4O.CH2O2/c20-19(21,22)11-24-18(27)25-15-3-1-2-14(8-15)16-10-23-17-9-13(12-4-5-12)6-7-26(16)17;2-1-3/h1-3,6-10,12H,4-5,11H2,(H2,24,25,27);1H,(H,2,3). The molecule has 1 saturated carbocycles. The zero-order chi connectivity index (χ0) is 21.7. The molecule has 0 saturated heterocycles. The molecular weight excluding hydrogens is 401 g/mol. The highest BCUT2D eigenvalue weighted by atomic mass is 19.4. The Hall–Kier alpha value is -3.56. The van der Waals surface area contributed by atoms with Crippen LogP contribution in [0, 0.1) is 0 Å². The largest absolute Gasteiger partial charge is 0.483 e. The first kappa shape index (κ1) is 21.2. The minimum Gasteiger partial charge on any atom is -0.483 e. The Morgan fingerprint density at radius 1 is 1.27 bits per heavy atom. The van der Waals surface area contributed by atoms with Crippen molar-refractivity contribution in [3.05, 3.63) is 54.4 Å². The van der Waals surface area contributed by atoms with Crippen molar-refractivity contribution in [1.29, 1.82) is 0 Å². The lowest BCUT2D eigenvalue weighted by Gasteiger charge is -2.11. The fourth-order valence-electron chi connectivity index (χ4n) is 2.99. The Balaban J connectivity index is 0.000000806. The van der Waals surface area contributed by atoms with Gasteiger partial charge in [-0.3, -0.25) is 9.20 Å². The van der Waals surface area contributed by atoms with Crippen LogP contribution in [-0.2, 0) is 4.79 Å². The Kier molecular flexibility index (Phi) is 6.24. The van der Waals surface area contributed by atoms with Crippen molar-refractivity contribution in [3.63, 3.8) is 0 Å². The van der Waals surface area contributed by atoms with E-state index in [0.717, 1.165) is 16.9 Å². The number of urea groups is 1. The number of aromatic nitrogens is 2. The molecular formula is C20H19F3N4O3. The number of alkyl halides is 3. The number of nitrogens with zero attached hydrogens (tertiary/aromatic N) is 2. The van der Waals surface area contributed by atoms with Crippen LogP contribution in [0.1, 0.15) is 24.3 Å². The maximum absolute atomic E-state index is 12.2. The van der Waals surface area contributed by atoms with Gasteiger partial charge in [0, 0.05) is 17.4 Å². The SMILES string of the molecule is O=C(NCC(F)(F)F)Nc1cccc(-c2cnc3cc(C4CC4)ccn23)c1.O=CO. The molecule has 0 spiro atoms. The van der Waals surface area contributed by atoms with E-state index in [1.807, 2.05) is 16.7 Å². The number of carbonyl (C=O) groups is 2. The number of carboxylic acid groups (broad SMARTS) is 1. The lowest BCUT2D eigenvalue weighted by molar-refractivity contribution is -0.123. The molecule has 2 aromatic heterocycles. The van der Waals surface area contributed by atoms with E-state index in [4.69, 9.17) is 9.90 Å². The lowest BCUT2D eigenvalue weighted by Crippen LogP contribution is -2.36. The summed E-state index contributed by atoms with van der Waals surface area (Å²) in [7, 11) is 0. The summed E-state index contributed by atoms with van der Waals surface area (Å²) in [6.07, 6.45) is 1.70. The monoisotopic (exact) mass is 420 g/mol. The topological polar surface area (TPSA) is 95.7 Å². The third kappa shape index (κ3) is 5.49. The number of benzene rings is 1. The first-order valence-corrected chi connectivity index (χ1v) is 9.07. The van der Waals surface area contributed by atoms with E-state index in [0.29, 0.717) is 11.6 Å². The molecule has 2 amide bonds. The summed E-state index contributed by atoms with van der Waals surface area (Å²) in [6.45, 7) is -1.63. The van der Waals surface area contributed by atoms with Crippen LogP contribution in [-0.4, -0.2) is 39.7 Å². The van der Waals surface area contributed by atoms with E-state index in [1.54, 1.807) is 29.7 Å². The highest BCUT2D eigenvalue weighted by Crippen LogP contribution is 2.40. The van der Waals surface area contributed by atoms with Gasteiger partial charge in [-0.2, -0.15) is 13.2 Å². The van der Waals surface area contributed by atoms with Gasteiger partial charge in [0.15, 0.2) is 0 Å². The van der Waals surface area contributed by atoms with Crippen molar-refractivity contribution >= 4 is 23.8 Å². The zero-order valence-electron chi connectivity index (χ0n) is 15.7. The number of hydrogen-bond donors (Lipinski definition) is 3. The fourth-order valence-corrected chi connectivity index (χ4v) is 2.99. The number of rotatable bonds is 4. The molecule has 1 aliphatic rings. The quantitative estimate of drug-likeness (QED) is 0.550. The molecule has 7 nitrogen and oxygen atoms in total. The van der Waals surface area contributed by atoms with Crippen molar-refractivity contribution in [1.82, 2.24) is 14.7 Å². The van der Waals surface area contributed by atoms with Crippen molar-refractivity contribution in [3.8, 4) is 11.3 Å². The molecule has 10 heteroatoms. The smallest absolute Gasteiger partial charge is 0.405 e. The molecule has 158 valence electrons. The summed E-state index contributed by atoms with van der Waals surface area (Å²) in [5, 5.41) is 11.1. The van der Waals surface area contributed by atoms with Gasteiger partial charge in [0.1, 0.15) is 12.2 Å². The Labute approximate surface area is 169 Å². The Bertz CT molecular complexity index is 1050. The fraction of sp³-hybridized carbons (Fsp3) is 0.250. The van der Waals surface area contributed by atoms with Crippen molar-refractivity contribution in [2.45, 2.75) is 24.9 Å². The molecule has 0 atom stereocenters. The zero-order valence-corrected chi connectivity index (χ0v) is 15.7. The Morgan fingerprint density at radius 2 is 2.00 bits per heavy atom. The number of nitrogens with one attached hydrogen (secondary N) is 2. The van der Waals surface area contributed by atoms with Crippen LogP contribution in [0.2, 0.25) is 0 Å². The van der Waals surface area contributed by atoms with Crippen molar-refractivity contribution in [2.24, 2.45) is 0 Å². The van der Waals surface area contributed by atoms with Gasteiger partial charge in [0.05, 0.1) is 11.9 Å². The molecule has 30 heavy (non-hydrogen) atoms. The van der Waals surface area contributed by atoms with Gasteiger partial charge in [-0.05, 0) is 48.6 Å². The normalized spacial score (nSPS) is 13.3. The van der Waals surface area contributed by atoms with Crippen LogP contribution in [0.3, 0.4) is 0 Å². The van der Waals surface area contributed by atoms with Gasteiger partial charge < -0.3 is 15.7 Å². The average molecular weight is 420 g/mol. The number of fused-ring (bicyclic) bond motifs is 1. The minimum atomic E-state index is -4.45. The summed E-state index contributed by atoms with van der Waals surface area (Å²) >= 11 is 0. The van der Waals surface area contributed by atoms with Gasteiger partial charge in [0.25, 0.3) is 6.47 Å². The molecule has 1 aliphatic carbocycles. The van der Waals surface area contributed by atoms with E-state index in [9.17, 15) is 18.0 Å². The average Bonchev–Trinajstić information content (AvgIpc) is 3.46. The first-order chi connectivity index (χ1) is 14.3. The number of halogens is 3. The molecule has 0 bridgehead atoms. The van der Waals surface area contributed by atoms with Crippen LogP contribution < -0.4 is 10.6 Å². The summed E-state index contributed by atoms with van der Waals surface area (Å²) < 4.78 is 38.5. The van der Waals surface area contributed by atoms with Crippen LogP contribution >= 0.6 is 0 Å². The lowest BCUT2D eigenvalue weighted by atomic mass is 10.1. The Morgan fingerprint density at radius 3 is 2.67 bits per heavy atom. The summed E-state index contributed by atoms with van der Waals surface area (Å²) in [6, 6.07) is 10.2. The third-order valence-electron chi connectivity index (χ3n) is 4.45. The molecule has 3 aromatic rings. The van der Waals surface area contributed by atoms with E-state index in [2.05, 4.69) is 22.4 Å². The maximum atomic E-state index is 12.2. The van der Waals surface area contributed by atoms with Gasteiger partial charge in [-0.1, -0.05) is 12.1 Å². The van der Waals surface area contributed by atoms with E-state index >= 15 is 0 Å². The van der Waals surface area contributed by atoms with Gasteiger partial charge >= 0.3 is 12.2 Å². The number of carbonyl (C=O) groups excluding carboxylic acids is 1.